The van der Waals surface area contributed by atoms with Gasteiger partial charge in [-0.05, 0) is 62.6 Å². The van der Waals surface area contributed by atoms with Crippen molar-refractivity contribution in [2.75, 3.05) is 31.1 Å². The van der Waals surface area contributed by atoms with Gasteiger partial charge in [0.25, 0.3) is 0 Å². The van der Waals surface area contributed by atoms with Crippen LogP contribution in [-0.4, -0.2) is 55.1 Å². The van der Waals surface area contributed by atoms with Crippen LogP contribution in [0.1, 0.15) is 50.2 Å². The fourth-order valence-corrected chi connectivity index (χ4v) is 4.94. The first-order valence-electron chi connectivity index (χ1n) is 11.4. The standard InChI is InChI=1S/C23H28F3N5O2/c1-2-28-21(33)31-14-22(12-19(31)20(32)29-16-4-5-16)7-9-30(10-8-22)17-6-3-15(13-27)18(11-17)23(24,25)26/h3,6,11,16,19H,2,4-5,7-10,12,14H2,1H3,(H,28,33)(H,29,32). The van der Waals surface area contributed by atoms with E-state index in [4.69, 9.17) is 5.26 Å². The number of halogens is 3. The maximum absolute atomic E-state index is 13.4. The number of carbonyl (C=O) groups is 2. The number of amides is 3. The third-order valence-electron chi connectivity index (χ3n) is 6.94. The van der Waals surface area contributed by atoms with Crippen molar-refractivity contribution in [1.29, 1.82) is 5.26 Å². The van der Waals surface area contributed by atoms with Gasteiger partial charge in [-0.15, -0.1) is 0 Å². The summed E-state index contributed by atoms with van der Waals surface area (Å²) in [5.74, 6) is -0.120. The maximum Gasteiger partial charge on any atom is 0.417 e. The lowest BCUT2D eigenvalue weighted by molar-refractivity contribution is -0.137. The summed E-state index contributed by atoms with van der Waals surface area (Å²) < 4.78 is 40.1. The van der Waals surface area contributed by atoms with Gasteiger partial charge in [-0.2, -0.15) is 18.4 Å². The van der Waals surface area contributed by atoms with Crippen LogP contribution in [-0.2, 0) is 11.0 Å². The smallest absolute Gasteiger partial charge is 0.371 e. The molecule has 7 nitrogen and oxygen atoms in total. The van der Waals surface area contributed by atoms with Gasteiger partial charge in [0.2, 0.25) is 5.91 Å². The fraction of sp³-hybridized carbons (Fsp3) is 0.609. The number of nitriles is 1. The highest BCUT2D eigenvalue weighted by Crippen LogP contribution is 2.45. The van der Waals surface area contributed by atoms with E-state index in [1.54, 1.807) is 17.0 Å². The Morgan fingerprint density at radius 3 is 2.52 bits per heavy atom. The SMILES string of the molecule is CCNC(=O)N1CC2(CCN(c3ccc(C#N)c(C(F)(F)F)c3)CC2)CC1C(=O)NC1CC1. The zero-order valence-corrected chi connectivity index (χ0v) is 18.5. The number of hydrogen-bond acceptors (Lipinski definition) is 4. The number of rotatable bonds is 4. The van der Waals surface area contributed by atoms with Crippen molar-refractivity contribution in [2.45, 2.75) is 57.3 Å². The van der Waals surface area contributed by atoms with Crippen LogP contribution in [0.3, 0.4) is 0 Å². The molecular formula is C23H28F3N5O2. The van der Waals surface area contributed by atoms with E-state index in [1.165, 1.54) is 6.07 Å². The molecule has 0 radical (unpaired) electrons. The summed E-state index contributed by atoms with van der Waals surface area (Å²) in [7, 11) is 0. The molecule has 1 aromatic rings. The Balaban J connectivity index is 1.48. The number of alkyl halides is 3. The predicted molar refractivity (Wildman–Crippen MR) is 115 cm³/mol. The van der Waals surface area contributed by atoms with Crippen molar-refractivity contribution in [3.63, 3.8) is 0 Å². The number of likely N-dealkylation sites (tertiary alicyclic amines) is 1. The number of anilines is 1. The molecule has 10 heteroatoms. The van der Waals surface area contributed by atoms with Crippen molar-refractivity contribution in [3.8, 4) is 6.07 Å². The van der Waals surface area contributed by atoms with Gasteiger partial charge in [0.15, 0.2) is 0 Å². The molecule has 1 aliphatic carbocycles. The summed E-state index contributed by atoms with van der Waals surface area (Å²) in [5, 5.41) is 14.8. The molecule has 33 heavy (non-hydrogen) atoms. The van der Waals surface area contributed by atoms with Gasteiger partial charge in [-0.1, -0.05) is 0 Å². The van der Waals surface area contributed by atoms with E-state index in [2.05, 4.69) is 10.6 Å². The van der Waals surface area contributed by atoms with E-state index in [1.807, 2.05) is 11.8 Å². The van der Waals surface area contributed by atoms with Gasteiger partial charge in [-0.3, -0.25) is 4.79 Å². The summed E-state index contributed by atoms with van der Waals surface area (Å²) in [6.07, 6.45) is -0.792. The molecule has 3 aliphatic rings. The molecule has 4 rings (SSSR count). The van der Waals surface area contributed by atoms with Crippen LogP contribution in [0.2, 0.25) is 0 Å². The summed E-state index contributed by atoms with van der Waals surface area (Å²) in [5.41, 5.74) is -1.13. The number of piperidine rings is 1. The van der Waals surface area contributed by atoms with Crippen LogP contribution in [0.4, 0.5) is 23.7 Å². The highest BCUT2D eigenvalue weighted by molar-refractivity contribution is 5.88. The fourth-order valence-electron chi connectivity index (χ4n) is 4.94. The lowest BCUT2D eigenvalue weighted by Crippen LogP contribution is -2.50. The van der Waals surface area contributed by atoms with Crippen LogP contribution in [0.25, 0.3) is 0 Å². The Hall–Kier alpha value is -2.96. The Kier molecular flexibility index (Phi) is 6.16. The lowest BCUT2D eigenvalue weighted by atomic mass is 9.76. The maximum atomic E-state index is 13.4. The molecule has 178 valence electrons. The van der Waals surface area contributed by atoms with Gasteiger partial charge in [0.05, 0.1) is 17.2 Å². The van der Waals surface area contributed by atoms with Gasteiger partial charge in [0, 0.05) is 37.9 Å². The third-order valence-corrected chi connectivity index (χ3v) is 6.94. The van der Waals surface area contributed by atoms with Crippen LogP contribution in [0, 0.1) is 16.7 Å². The topological polar surface area (TPSA) is 88.5 Å². The lowest BCUT2D eigenvalue weighted by Gasteiger charge is -2.40. The van der Waals surface area contributed by atoms with Crippen molar-refractivity contribution in [2.24, 2.45) is 5.41 Å². The number of nitrogens with zero attached hydrogens (tertiary/aromatic N) is 3. The molecular weight excluding hydrogens is 435 g/mol. The number of urea groups is 1. The zero-order chi connectivity index (χ0) is 23.8. The van der Waals surface area contributed by atoms with Crippen LogP contribution in [0.15, 0.2) is 18.2 Å². The minimum absolute atomic E-state index is 0.120. The van der Waals surface area contributed by atoms with Crippen molar-refractivity contribution < 1.29 is 22.8 Å². The number of benzene rings is 1. The summed E-state index contributed by atoms with van der Waals surface area (Å²) in [6.45, 7) is 3.78. The van der Waals surface area contributed by atoms with Crippen LogP contribution >= 0.6 is 0 Å². The van der Waals surface area contributed by atoms with E-state index in [9.17, 15) is 22.8 Å². The van der Waals surface area contributed by atoms with Gasteiger partial charge < -0.3 is 20.4 Å². The van der Waals surface area contributed by atoms with Gasteiger partial charge >= 0.3 is 12.2 Å². The molecule has 2 heterocycles. The highest BCUT2D eigenvalue weighted by atomic mass is 19.4. The third kappa shape index (κ3) is 4.87. The minimum atomic E-state index is -4.60. The second-order valence-corrected chi connectivity index (χ2v) is 9.29. The van der Waals surface area contributed by atoms with Gasteiger partial charge in [0.1, 0.15) is 6.04 Å². The minimum Gasteiger partial charge on any atom is -0.371 e. The van der Waals surface area contributed by atoms with Gasteiger partial charge in [-0.25, -0.2) is 4.79 Å². The van der Waals surface area contributed by atoms with Crippen molar-refractivity contribution in [1.82, 2.24) is 15.5 Å². The van der Waals surface area contributed by atoms with Crippen LogP contribution in [0.5, 0.6) is 0 Å². The Morgan fingerprint density at radius 2 is 1.94 bits per heavy atom. The molecule has 1 spiro atoms. The number of nitrogens with one attached hydrogen (secondary N) is 2. The van der Waals surface area contributed by atoms with E-state index in [0.29, 0.717) is 51.1 Å². The predicted octanol–water partition coefficient (Wildman–Crippen LogP) is 3.25. The summed E-state index contributed by atoms with van der Waals surface area (Å²) >= 11 is 0. The Morgan fingerprint density at radius 1 is 1.24 bits per heavy atom. The van der Waals surface area contributed by atoms with Crippen molar-refractivity contribution in [3.05, 3.63) is 29.3 Å². The summed E-state index contributed by atoms with van der Waals surface area (Å²) in [6, 6.07) is 4.83. The van der Waals surface area contributed by atoms with E-state index < -0.39 is 23.3 Å². The molecule has 1 aromatic carbocycles. The first kappa shape index (κ1) is 23.2. The molecule has 2 N–H and O–H groups in total. The Bertz CT molecular complexity index is 962. The molecule has 0 bridgehead atoms. The zero-order valence-electron chi connectivity index (χ0n) is 18.5. The monoisotopic (exact) mass is 463 g/mol. The molecule has 0 aromatic heterocycles. The quantitative estimate of drug-likeness (QED) is 0.718. The highest BCUT2D eigenvalue weighted by Gasteiger charge is 2.50. The molecule has 2 aliphatic heterocycles. The normalized spacial score (nSPS) is 22.2. The largest absolute Gasteiger partial charge is 0.417 e. The molecule has 1 saturated carbocycles. The number of carbonyl (C=O) groups excluding carboxylic acids is 2. The average Bonchev–Trinajstić information content (AvgIpc) is 3.52. The molecule has 2 saturated heterocycles. The second-order valence-electron chi connectivity index (χ2n) is 9.29. The first-order chi connectivity index (χ1) is 15.7. The second kappa shape index (κ2) is 8.76. The molecule has 3 amide bonds. The Labute approximate surface area is 190 Å². The number of hydrogen-bond donors (Lipinski definition) is 2. The van der Waals surface area contributed by atoms with E-state index in [0.717, 1.165) is 18.9 Å². The first-order valence-corrected chi connectivity index (χ1v) is 11.4. The molecule has 3 fully saturated rings. The van der Waals surface area contributed by atoms with Crippen molar-refractivity contribution >= 4 is 17.6 Å². The van der Waals surface area contributed by atoms with E-state index >= 15 is 0 Å². The van der Waals surface area contributed by atoms with E-state index in [-0.39, 0.29) is 23.4 Å². The molecule has 1 atom stereocenters. The van der Waals surface area contributed by atoms with Crippen LogP contribution < -0.4 is 15.5 Å². The molecule has 1 unspecified atom stereocenters. The summed E-state index contributed by atoms with van der Waals surface area (Å²) in [4.78, 5) is 29.0. The average molecular weight is 464 g/mol.